The van der Waals surface area contributed by atoms with Crippen LogP contribution in [0.15, 0.2) is 34.9 Å². The molecule has 0 unspecified atom stereocenters. The Morgan fingerprint density at radius 3 is 3.00 bits per heavy atom. The van der Waals surface area contributed by atoms with Crippen molar-refractivity contribution in [3.8, 4) is 0 Å². The molecule has 1 aliphatic heterocycles. The van der Waals surface area contributed by atoms with Crippen LogP contribution in [0.5, 0.6) is 0 Å². The van der Waals surface area contributed by atoms with Gasteiger partial charge >= 0.3 is 0 Å². The number of nitrogens with zero attached hydrogens (tertiary/aromatic N) is 2. The maximum absolute atomic E-state index is 5.38. The minimum Gasteiger partial charge on any atom is -0.338 e. The van der Waals surface area contributed by atoms with E-state index < -0.39 is 0 Å². The molecule has 4 nitrogen and oxygen atoms in total. The lowest BCUT2D eigenvalue weighted by molar-refractivity contribution is 0.325. The molecular weight excluding hydrogens is 270 g/mol. The minimum atomic E-state index is 0.121. The summed E-state index contributed by atoms with van der Waals surface area (Å²) in [5, 5.41) is 7.63. The van der Waals surface area contributed by atoms with E-state index in [1.165, 1.54) is 23.5 Å². The molecule has 0 saturated carbocycles. The molecule has 1 aromatic carbocycles. The lowest BCUT2D eigenvalue weighted by Crippen LogP contribution is -2.31. The van der Waals surface area contributed by atoms with Crippen molar-refractivity contribution >= 4 is 11.8 Å². The standard InChI is InChI=1S/C15H19N3OS/c1-11(16-13-7-8-20-10-13)15-17-14(18-19-15)9-12-5-3-2-4-6-12/h2-6,11,13,16H,7-10H2,1H3/t11-,13-/m0/s1. The number of rotatable bonds is 5. The summed E-state index contributed by atoms with van der Waals surface area (Å²) in [5.41, 5.74) is 1.20. The zero-order valence-corrected chi connectivity index (χ0v) is 12.4. The van der Waals surface area contributed by atoms with Gasteiger partial charge in [-0.3, -0.25) is 0 Å². The molecule has 1 saturated heterocycles. The van der Waals surface area contributed by atoms with Gasteiger partial charge in [0.2, 0.25) is 5.89 Å². The molecule has 0 spiro atoms. The second kappa shape index (κ2) is 6.41. The lowest BCUT2D eigenvalue weighted by Gasteiger charge is -2.14. The van der Waals surface area contributed by atoms with Crippen LogP contribution in [0.1, 0.15) is 36.7 Å². The molecule has 2 atom stereocenters. The van der Waals surface area contributed by atoms with Crippen LogP contribution in [-0.2, 0) is 6.42 Å². The van der Waals surface area contributed by atoms with E-state index >= 15 is 0 Å². The van der Waals surface area contributed by atoms with Gasteiger partial charge in [0, 0.05) is 18.2 Å². The highest BCUT2D eigenvalue weighted by Gasteiger charge is 2.21. The van der Waals surface area contributed by atoms with E-state index in [1.807, 2.05) is 30.0 Å². The molecule has 0 aliphatic carbocycles. The van der Waals surface area contributed by atoms with Crippen LogP contribution in [0.25, 0.3) is 0 Å². The van der Waals surface area contributed by atoms with Gasteiger partial charge in [-0.2, -0.15) is 16.7 Å². The fraction of sp³-hybridized carbons (Fsp3) is 0.467. The van der Waals surface area contributed by atoms with Crippen molar-refractivity contribution < 1.29 is 4.52 Å². The van der Waals surface area contributed by atoms with Gasteiger partial charge in [-0.1, -0.05) is 35.5 Å². The highest BCUT2D eigenvalue weighted by Crippen LogP contribution is 2.20. The van der Waals surface area contributed by atoms with E-state index in [1.54, 1.807) is 0 Å². The molecule has 0 amide bonds. The first kappa shape index (κ1) is 13.6. The number of benzene rings is 1. The molecule has 1 N–H and O–H groups in total. The second-order valence-corrected chi connectivity index (χ2v) is 6.31. The van der Waals surface area contributed by atoms with Gasteiger partial charge in [-0.25, -0.2) is 0 Å². The van der Waals surface area contributed by atoms with Crippen molar-refractivity contribution in [2.75, 3.05) is 11.5 Å². The Hall–Kier alpha value is -1.33. The summed E-state index contributed by atoms with van der Waals surface area (Å²) in [7, 11) is 0. The van der Waals surface area contributed by atoms with Gasteiger partial charge in [0.25, 0.3) is 0 Å². The van der Waals surface area contributed by atoms with Crippen LogP contribution in [0.2, 0.25) is 0 Å². The normalized spacial score (nSPS) is 20.1. The maximum Gasteiger partial charge on any atom is 0.243 e. The molecular formula is C15H19N3OS. The third kappa shape index (κ3) is 3.41. The van der Waals surface area contributed by atoms with Crippen LogP contribution in [0.4, 0.5) is 0 Å². The topological polar surface area (TPSA) is 51.0 Å². The molecule has 3 rings (SSSR count). The maximum atomic E-state index is 5.38. The third-order valence-electron chi connectivity index (χ3n) is 3.47. The summed E-state index contributed by atoms with van der Waals surface area (Å²) in [5.74, 6) is 3.86. The number of hydrogen-bond donors (Lipinski definition) is 1. The Morgan fingerprint density at radius 1 is 1.40 bits per heavy atom. The van der Waals surface area contributed by atoms with E-state index in [9.17, 15) is 0 Å². The van der Waals surface area contributed by atoms with E-state index in [4.69, 9.17) is 4.52 Å². The van der Waals surface area contributed by atoms with E-state index in [-0.39, 0.29) is 6.04 Å². The van der Waals surface area contributed by atoms with E-state index in [0.717, 1.165) is 12.2 Å². The summed E-state index contributed by atoms with van der Waals surface area (Å²) in [6.45, 7) is 2.09. The van der Waals surface area contributed by atoms with Crippen molar-refractivity contribution in [1.29, 1.82) is 0 Å². The number of hydrogen-bond acceptors (Lipinski definition) is 5. The van der Waals surface area contributed by atoms with E-state index in [2.05, 4.69) is 34.5 Å². The molecule has 2 aromatic rings. The molecule has 1 fully saturated rings. The first-order valence-corrected chi connectivity index (χ1v) is 8.17. The highest BCUT2D eigenvalue weighted by atomic mass is 32.2. The average Bonchev–Trinajstić information content (AvgIpc) is 3.11. The second-order valence-electron chi connectivity index (χ2n) is 5.16. The predicted octanol–water partition coefficient (Wildman–Crippen LogP) is 2.82. The van der Waals surface area contributed by atoms with Crippen LogP contribution in [0.3, 0.4) is 0 Å². The van der Waals surface area contributed by atoms with Gasteiger partial charge in [0.05, 0.1) is 6.04 Å². The van der Waals surface area contributed by atoms with E-state index in [0.29, 0.717) is 11.9 Å². The molecule has 0 radical (unpaired) electrons. The Morgan fingerprint density at radius 2 is 2.25 bits per heavy atom. The number of aromatic nitrogens is 2. The van der Waals surface area contributed by atoms with Gasteiger partial charge < -0.3 is 9.84 Å². The van der Waals surface area contributed by atoms with Gasteiger partial charge in [-0.05, 0) is 24.7 Å². The number of nitrogens with one attached hydrogen (secondary N) is 1. The third-order valence-corrected chi connectivity index (χ3v) is 4.64. The summed E-state index contributed by atoms with van der Waals surface area (Å²) in [6.07, 6.45) is 1.94. The summed E-state index contributed by atoms with van der Waals surface area (Å²) in [4.78, 5) is 4.50. The molecule has 5 heteroatoms. The molecule has 20 heavy (non-hydrogen) atoms. The number of thioether (sulfide) groups is 1. The smallest absolute Gasteiger partial charge is 0.243 e. The first-order chi connectivity index (χ1) is 9.81. The Balaban J connectivity index is 1.61. The van der Waals surface area contributed by atoms with Crippen molar-refractivity contribution in [3.63, 3.8) is 0 Å². The van der Waals surface area contributed by atoms with Crippen molar-refractivity contribution in [1.82, 2.24) is 15.5 Å². The predicted molar refractivity (Wildman–Crippen MR) is 80.8 cm³/mol. The molecule has 0 bridgehead atoms. The molecule has 1 aromatic heterocycles. The van der Waals surface area contributed by atoms with Crippen LogP contribution >= 0.6 is 11.8 Å². The summed E-state index contributed by atoms with van der Waals surface area (Å²) < 4.78 is 5.38. The minimum absolute atomic E-state index is 0.121. The zero-order chi connectivity index (χ0) is 13.8. The largest absolute Gasteiger partial charge is 0.338 e. The quantitative estimate of drug-likeness (QED) is 0.917. The lowest BCUT2D eigenvalue weighted by atomic mass is 10.1. The van der Waals surface area contributed by atoms with Crippen LogP contribution in [0, 0.1) is 0 Å². The monoisotopic (exact) mass is 289 g/mol. The average molecular weight is 289 g/mol. The fourth-order valence-electron chi connectivity index (χ4n) is 2.38. The summed E-state index contributed by atoms with van der Waals surface area (Å²) in [6, 6.07) is 10.9. The van der Waals surface area contributed by atoms with Crippen LogP contribution in [-0.4, -0.2) is 27.7 Å². The highest BCUT2D eigenvalue weighted by molar-refractivity contribution is 7.99. The van der Waals surface area contributed by atoms with Crippen molar-refractivity contribution in [2.45, 2.75) is 31.8 Å². The fourth-order valence-corrected chi connectivity index (χ4v) is 3.55. The SMILES string of the molecule is C[C@H](N[C@H]1CCSC1)c1nc(Cc2ccccc2)no1. The summed E-state index contributed by atoms with van der Waals surface area (Å²) >= 11 is 2.00. The van der Waals surface area contributed by atoms with Gasteiger partial charge in [0.1, 0.15) is 0 Å². The first-order valence-electron chi connectivity index (χ1n) is 7.01. The Kier molecular flexibility index (Phi) is 4.38. The Bertz CT molecular complexity index is 537. The van der Waals surface area contributed by atoms with Crippen molar-refractivity contribution in [3.05, 3.63) is 47.6 Å². The molecule has 1 aliphatic rings. The van der Waals surface area contributed by atoms with Gasteiger partial charge in [-0.15, -0.1) is 0 Å². The van der Waals surface area contributed by atoms with Gasteiger partial charge in [0.15, 0.2) is 5.82 Å². The Labute approximate surface area is 123 Å². The van der Waals surface area contributed by atoms with Crippen LogP contribution < -0.4 is 5.32 Å². The molecule has 106 valence electrons. The van der Waals surface area contributed by atoms with Crippen molar-refractivity contribution in [2.24, 2.45) is 0 Å². The molecule has 2 heterocycles. The zero-order valence-electron chi connectivity index (χ0n) is 11.6.